The summed E-state index contributed by atoms with van der Waals surface area (Å²) in [5, 5.41) is 0.00779. The summed E-state index contributed by atoms with van der Waals surface area (Å²) in [6.07, 6.45) is 0.347. The van der Waals surface area contributed by atoms with E-state index in [1.165, 1.54) is 0 Å². The summed E-state index contributed by atoms with van der Waals surface area (Å²) in [6, 6.07) is 0. The first-order valence-corrected chi connectivity index (χ1v) is 8.42. The van der Waals surface area contributed by atoms with Gasteiger partial charge in [-0.15, -0.1) is 0 Å². The third-order valence-corrected chi connectivity index (χ3v) is 8.34. The van der Waals surface area contributed by atoms with Gasteiger partial charge in [0.25, 0.3) is 5.92 Å². The second-order valence-corrected chi connectivity index (χ2v) is 10.8. The minimum absolute atomic E-state index is 0.00684. The molecule has 94 valence electrons. The van der Waals surface area contributed by atoms with E-state index in [-0.39, 0.29) is 11.6 Å². The summed E-state index contributed by atoms with van der Waals surface area (Å²) in [7, 11) is -1.98. The van der Waals surface area contributed by atoms with Gasteiger partial charge in [-0.2, -0.15) is 0 Å². The first-order valence-electron chi connectivity index (χ1n) is 5.51. The van der Waals surface area contributed by atoms with E-state index in [1.54, 1.807) is 0 Å². The molecule has 2 nitrogen and oxygen atoms in total. The van der Waals surface area contributed by atoms with E-state index in [1.807, 2.05) is 13.1 Å². The van der Waals surface area contributed by atoms with Crippen molar-refractivity contribution in [3.8, 4) is 0 Å². The average molecular weight is 250 g/mol. The van der Waals surface area contributed by atoms with Crippen molar-refractivity contribution in [2.24, 2.45) is 11.8 Å². The van der Waals surface area contributed by atoms with Crippen molar-refractivity contribution < 1.29 is 18.0 Å². The average Bonchev–Trinajstić information content (AvgIpc) is 2.61. The van der Waals surface area contributed by atoms with Crippen LogP contribution in [0, 0.1) is 11.8 Å². The van der Waals surface area contributed by atoms with Gasteiger partial charge in [0.2, 0.25) is 0 Å². The van der Waals surface area contributed by atoms with Crippen LogP contribution in [0.25, 0.3) is 0 Å². The molecule has 1 saturated carbocycles. The van der Waals surface area contributed by atoms with Crippen molar-refractivity contribution in [2.75, 3.05) is 6.61 Å². The first kappa shape index (κ1) is 13.8. The molecule has 1 aliphatic rings. The van der Waals surface area contributed by atoms with Gasteiger partial charge in [0, 0.05) is 6.61 Å². The molecule has 0 amide bonds. The molecule has 0 unspecified atom stereocenters. The number of aldehydes is 1. The number of halogens is 2. The van der Waals surface area contributed by atoms with Gasteiger partial charge >= 0.3 is 0 Å². The molecule has 0 aromatic carbocycles. The van der Waals surface area contributed by atoms with E-state index in [9.17, 15) is 13.6 Å². The van der Waals surface area contributed by atoms with Crippen molar-refractivity contribution in [3.05, 3.63) is 0 Å². The number of rotatable bonds is 4. The van der Waals surface area contributed by atoms with Gasteiger partial charge in [-0.3, -0.25) is 0 Å². The van der Waals surface area contributed by atoms with Crippen molar-refractivity contribution >= 4 is 14.6 Å². The molecule has 0 aromatic heterocycles. The van der Waals surface area contributed by atoms with Gasteiger partial charge in [-0.1, -0.05) is 20.8 Å². The molecule has 1 fully saturated rings. The van der Waals surface area contributed by atoms with Gasteiger partial charge in [-0.05, 0) is 18.1 Å². The Morgan fingerprint density at radius 2 is 1.88 bits per heavy atom. The summed E-state index contributed by atoms with van der Waals surface area (Å²) in [5.41, 5.74) is 0. The zero-order valence-electron chi connectivity index (χ0n) is 10.5. The monoisotopic (exact) mass is 250 g/mol. The summed E-state index contributed by atoms with van der Waals surface area (Å²) in [5.74, 6) is -4.87. The molecule has 0 spiro atoms. The number of hydrogen-bond acceptors (Lipinski definition) is 2. The predicted octanol–water partition coefficient (Wildman–Crippen LogP) is 3.09. The van der Waals surface area contributed by atoms with Gasteiger partial charge in [-0.25, -0.2) is 8.78 Å². The molecule has 1 aliphatic carbocycles. The fourth-order valence-corrected chi connectivity index (χ4v) is 2.36. The lowest BCUT2D eigenvalue weighted by Crippen LogP contribution is -2.41. The topological polar surface area (TPSA) is 26.3 Å². The van der Waals surface area contributed by atoms with Crippen molar-refractivity contribution in [1.29, 1.82) is 0 Å². The maximum atomic E-state index is 13.0. The second-order valence-electron chi connectivity index (χ2n) is 6.01. The number of carbonyl (C=O) groups excluding carboxylic acids is 1. The minimum Gasteiger partial charge on any atom is -0.416 e. The number of hydrogen-bond donors (Lipinski definition) is 0. The molecule has 0 saturated heterocycles. The Morgan fingerprint density at radius 3 is 2.19 bits per heavy atom. The lowest BCUT2D eigenvalue weighted by Gasteiger charge is -2.36. The Balaban J connectivity index is 2.52. The molecule has 0 radical (unpaired) electrons. The summed E-state index contributed by atoms with van der Waals surface area (Å²) >= 11 is 0. The molecule has 0 aromatic rings. The maximum Gasteiger partial charge on any atom is 0.263 e. The van der Waals surface area contributed by atoms with E-state index < -0.39 is 26.1 Å². The second kappa shape index (κ2) is 3.87. The van der Waals surface area contributed by atoms with Crippen LogP contribution in [0.2, 0.25) is 18.1 Å². The fraction of sp³-hybridized carbons (Fsp3) is 0.909. The van der Waals surface area contributed by atoms with Crippen LogP contribution in [0.3, 0.4) is 0 Å². The predicted molar refractivity (Wildman–Crippen MR) is 61.1 cm³/mol. The molecule has 0 bridgehead atoms. The Hall–Kier alpha value is -0.293. The molecule has 16 heavy (non-hydrogen) atoms. The van der Waals surface area contributed by atoms with Crippen LogP contribution in [-0.4, -0.2) is 27.1 Å². The summed E-state index contributed by atoms with van der Waals surface area (Å²) in [4.78, 5) is 10.4. The van der Waals surface area contributed by atoms with Crippen molar-refractivity contribution in [1.82, 2.24) is 0 Å². The molecule has 0 heterocycles. The van der Waals surface area contributed by atoms with E-state index in [0.717, 1.165) is 0 Å². The third kappa shape index (κ3) is 2.35. The Bertz CT molecular complexity index is 284. The van der Waals surface area contributed by atoms with Crippen LogP contribution in [0.15, 0.2) is 0 Å². The van der Waals surface area contributed by atoms with Crippen molar-refractivity contribution in [2.45, 2.75) is 44.8 Å². The SMILES string of the molecule is CC(C)(C)[Si](C)(C)OC[C@H]1[C@H](C=O)C1(F)F. The first-order chi connectivity index (χ1) is 7.04. The summed E-state index contributed by atoms with van der Waals surface area (Å²) < 4.78 is 31.8. The minimum atomic E-state index is -2.84. The quantitative estimate of drug-likeness (QED) is 0.566. The molecule has 0 N–H and O–H groups in total. The molecular formula is C11H20F2O2Si. The highest BCUT2D eigenvalue weighted by Crippen LogP contribution is 2.54. The smallest absolute Gasteiger partial charge is 0.263 e. The molecule has 5 heteroatoms. The lowest BCUT2D eigenvalue weighted by atomic mass is 10.2. The molecular weight excluding hydrogens is 230 g/mol. The van der Waals surface area contributed by atoms with Gasteiger partial charge in [0.05, 0.1) is 11.8 Å². The Labute approximate surface area is 96.5 Å². The highest BCUT2D eigenvalue weighted by atomic mass is 28.4. The highest BCUT2D eigenvalue weighted by molar-refractivity contribution is 6.74. The Kier molecular flexibility index (Phi) is 3.33. The third-order valence-electron chi connectivity index (χ3n) is 3.84. The van der Waals surface area contributed by atoms with E-state index in [0.29, 0.717) is 6.29 Å². The normalized spacial score (nSPS) is 28.9. The number of carbonyl (C=O) groups is 1. The molecule has 2 atom stereocenters. The number of alkyl halides is 2. The van der Waals surface area contributed by atoms with E-state index in [2.05, 4.69) is 20.8 Å². The van der Waals surface area contributed by atoms with Crippen molar-refractivity contribution in [3.63, 3.8) is 0 Å². The van der Waals surface area contributed by atoms with Crippen LogP contribution in [0.1, 0.15) is 20.8 Å². The standard InChI is InChI=1S/C11H20F2O2Si/c1-10(2,3)16(4,5)15-7-9-8(6-14)11(9,12)13/h6,8-9H,7H2,1-5H3/t8-,9-/m0/s1. The fourth-order valence-electron chi connectivity index (χ4n) is 1.33. The van der Waals surface area contributed by atoms with Gasteiger partial charge in [0.1, 0.15) is 6.29 Å². The highest BCUT2D eigenvalue weighted by Gasteiger charge is 2.68. The van der Waals surface area contributed by atoms with Gasteiger partial charge < -0.3 is 9.22 Å². The van der Waals surface area contributed by atoms with E-state index in [4.69, 9.17) is 4.43 Å². The Morgan fingerprint density at radius 1 is 1.38 bits per heavy atom. The lowest BCUT2D eigenvalue weighted by molar-refractivity contribution is -0.110. The largest absolute Gasteiger partial charge is 0.416 e. The van der Waals surface area contributed by atoms with Crippen LogP contribution >= 0.6 is 0 Å². The molecule has 1 rings (SSSR count). The van der Waals surface area contributed by atoms with Crippen LogP contribution in [0.4, 0.5) is 8.78 Å². The maximum absolute atomic E-state index is 13.0. The van der Waals surface area contributed by atoms with E-state index >= 15 is 0 Å². The molecule has 0 aliphatic heterocycles. The summed E-state index contributed by atoms with van der Waals surface area (Å²) in [6.45, 7) is 10.2. The van der Waals surface area contributed by atoms with Crippen LogP contribution in [-0.2, 0) is 9.22 Å². The zero-order chi connectivity index (χ0) is 12.8. The van der Waals surface area contributed by atoms with Gasteiger partial charge in [0.15, 0.2) is 8.32 Å². The van der Waals surface area contributed by atoms with Crippen LogP contribution < -0.4 is 0 Å². The zero-order valence-corrected chi connectivity index (χ0v) is 11.5. The van der Waals surface area contributed by atoms with Crippen LogP contribution in [0.5, 0.6) is 0 Å².